The van der Waals surface area contributed by atoms with Gasteiger partial charge in [-0.25, -0.2) is 12.8 Å². The summed E-state index contributed by atoms with van der Waals surface area (Å²) in [7, 11) is -2.17. The molecule has 5 rings (SSSR count). The SMILES string of the molecule is C=CS(=O)(=O)Nc1ccc(Oc2c(C)cc(F)cc2C)c(-c2cn(C)c(=O)c3sc(-c4nnc(C)o4)cc23)c1. The lowest BCUT2D eigenvalue weighted by Crippen LogP contribution is -2.15. The van der Waals surface area contributed by atoms with Crippen molar-refractivity contribution in [3.63, 3.8) is 0 Å². The van der Waals surface area contributed by atoms with Crippen molar-refractivity contribution >= 4 is 37.1 Å². The number of anilines is 1. The van der Waals surface area contributed by atoms with Crippen molar-refractivity contribution < 1.29 is 22.0 Å². The summed E-state index contributed by atoms with van der Waals surface area (Å²) in [6.07, 6.45) is 1.65. The maximum absolute atomic E-state index is 14.0. The topological polar surface area (TPSA) is 116 Å². The molecule has 12 heteroatoms. The Morgan fingerprint density at radius 2 is 1.82 bits per heavy atom. The molecule has 0 unspecified atom stereocenters. The molecule has 0 bridgehead atoms. The number of sulfonamides is 1. The van der Waals surface area contributed by atoms with Gasteiger partial charge in [0.1, 0.15) is 22.0 Å². The van der Waals surface area contributed by atoms with E-state index >= 15 is 0 Å². The van der Waals surface area contributed by atoms with Crippen molar-refractivity contribution in [3.05, 3.63) is 87.8 Å². The van der Waals surface area contributed by atoms with Crippen LogP contribution in [0.1, 0.15) is 17.0 Å². The van der Waals surface area contributed by atoms with Crippen molar-refractivity contribution in [1.29, 1.82) is 0 Å². The first-order valence-electron chi connectivity index (χ1n) is 11.6. The zero-order valence-corrected chi connectivity index (χ0v) is 23.0. The van der Waals surface area contributed by atoms with Gasteiger partial charge >= 0.3 is 0 Å². The number of hydrogen-bond acceptors (Lipinski definition) is 8. The van der Waals surface area contributed by atoms with Crippen LogP contribution in [0.3, 0.4) is 0 Å². The van der Waals surface area contributed by atoms with E-state index in [1.165, 1.54) is 28.0 Å². The molecule has 0 atom stereocenters. The summed E-state index contributed by atoms with van der Waals surface area (Å²) in [5.41, 5.74) is 2.30. The molecule has 0 radical (unpaired) electrons. The summed E-state index contributed by atoms with van der Waals surface area (Å²) in [5, 5.41) is 9.35. The van der Waals surface area contributed by atoms with E-state index in [0.717, 1.165) is 5.41 Å². The summed E-state index contributed by atoms with van der Waals surface area (Å²) >= 11 is 1.21. The first kappa shape index (κ1) is 26.3. The molecule has 39 heavy (non-hydrogen) atoms. The third kappa shape index (κ3) is 5.08. The molecule has 0 spiro atoms. The first-order valence-corrected chi connectivity index (χ1v) is 14.0. The monoisotopic (exact) mass is 566 g/mol. The van der Waals surface area contributed by atoms with Crippen LogP contribution in [0.25, 0.3) is 32.0 Å². The number of nitrogens with one attached hydrogen (secondary N) is 1. The zero-order valence-electron chi connectivity index (χ0n) is 21.4. The van der Waals surface area contributed by atoms with Crippen LogP contribution in [0.2, 0.25) is 0 Å². The second-order valence-corrected chi connectivity index (χ2v) is 11.6. The lowest BCUT2D eigenvalue weighted by Gasteiger charge is -2.17. The highest BCUT2D eigenvalue weighted by Crippen LogP contribution is 2.43. The van der Waals surface area contributed by atoms with E-state index < -0.39 is 10.0 Å². The number of benzene rings is 2. The molecule has 9 nitrogen and oxygen atoms in total. The Bertz CT molecular complexity index is 1920. The van der Waals surface area contributed by atoms with Crippen LogP contribution in [0.5, 0.6) is 11.5 Å². The highest BCUT2D eigenvalue weighted by atomic mass is 32.2. The fourth-order valence-corrected chi connectivity index (χ4v) is 5.83. The number of ether oxygens (including phenoxy) is 1. The minimum absolute atomic E-state index is 0.225. The smallest absolute Gasteiger partial charge is 0.268 e. The highest BCUT2D eigenvalue weighted by molar-refractivity contribution is 7.95. The number of nitrogens with zero attached hydrogens (tertiary/aromatic N) is 3. The average Bonchev–Trinajstić information content (AvgIpc) is 3.51. The number of pyridine rings is 1. The van der Waals surface area contributed by atoms with Gasteiger partial charge < -0.3 is 13.7 Å². The van der Waals surface area contributed by atoms with E-state index in [0.29, 0.717) is 54.6 Å². The molecule has 0 aliphatic rings. The van der Waals surface area contributed by atoms with Gasteiger partial charge in [0.2, 0.25) is 5.89 Å². The van der Waals surface area contributed by atoms with Crippen LogP contribution in [-0.2, 0) is 17.1 Å². The Morgan fingerprint density at radius 3 is 2.46 bits per heavy atom. The summed E-state index contributed by atoms with van der Waals surface area (Å²) in [6.45, 7) is 8.49. The van der Waals surface area contributed by atoms with Gasteiger partial charge in [0.05, 0.1) is 4.88 Å². The van der Waals surface area contributed by atoms with Gasteiger partial charge in [-0.2, -0.15) is 0 Å². The van der Waals surface area contributed by atoms with E-state index in [9.17, 15) is 17.6 Å². The van der Waals surface area contributed by atoms with Crippen LogP contribution >= 0.6 is 11.3 Å². The summed E-state index contributed by atoms with van der Waals surface area (Å²) in [4.78, 5) is 13.7. The van der Waals surface area contributed by atoms with Gasteiger partial charge in [-0.15, -0.1) is 21.5 Å². The van der Waals surface area contributed by atoms with Crippen molar-refractivity contribution in [2.75, 3.05) is 4.72 Å². The maximum Gasteiger partial charge on any atom is 0.268 e. The summed E-state index contributed by atoms with van der Waals surface area (Å²) in [5.74, 6) is 1.12. The predicted molar refractivity (Wildman–Crippen MR) is 149 cm³/mol. The molecular formula is C27H23FN4O5S2. The quantitative estimate of drug-likeness (QED) is 0.255. The Labute approximate surface area is 227 Å². The van der Waals surface area contributed by atoms with Gasteiger partial charge in [-0.1, -0.05) is 6.58 Å². The maximum atomic E-state index is 14.0. The molecule has 2 aromatic carbocycles. The highest BCUT2D eigenvalue weighted by Gasteiger charge is 2.21. The number of thiophene rings is 1. The molecule has 0 fully saturated rings. The van der Waals surface area contributed by atoms with E-state index in [4.69, 9.17) is 9.15 Å². The fraction of sp³-hybridized carbons (Fsp3) is 0.148. The predicted octanol–water partition coefficient (Wildman–Crippen LogP) is 6.06. The first-order chi connectivity index (χ1) is 18.5. The zero-order chi connectivity index (χ0) is 28.1. The van der Waals surface area contributed by atoms with Crippen molar-refractivity contribution in [1.82, 2.24) is 14.8 Å². The fourth-order valence-electron chi connectivity index (χ4n) is 4.22. The van der Waals surface area contributed by atoms with Crippen molar-refractivity contribution in [3.8, 4) is 33.4 Å². The number of fused-ring (bicyclic) bond motifs is 1. The number of halogens is 1. The summed E-state index contributed by atoms with van der Waals surface area (Å²) < 4.78 is 54.6. The van der Waals surface area contributed by atoms with E-state index in [-0.39, 0.29) is 23.0 Å². The van der Waals surface area contributed by atoms with Gasteiger partial charge in [-0.3, -0.25) is 9.52 Å². The Kier molecular flexibility index (Phi) is 6.60. The third-order valence-corrected chi connectivity index (χ3v) is 8.05. The van der Waals surface area contributed by atoms with Gasteiger partial charge in [-0.05, 0) is 61.4 Å². The summed E-state index contributed by atoms with van der Waals surface area (Å²) in [6, 6.07) is 9.30. The molecule has 0 saturated heterocycles. The van der Waals surface area contributed by atoms with E-state index in [1.54, 1.807) is 58.3 Å². The second-order valence-electron chi connectivity index (χ2n) is 8.93. The van der Waals surface area contributed by atoms with E-state index in [1.807, 2.05) is 0 Å². The molecule has 3 heterocycles. The molecule has 3 aromatic heterocycles. The Balaban J connectivity index is 1.76. The van der Waals surface area contributed by atoms with Crippen LogP contribution < -0.4 is 15.0 Å². The lowest BCUT2D eigenvalue weighted by molar-refractivity contribution is 0.474. The molecule has 200 valence electrons. The van der Waals surface area contributed by atoms with Crippen molar-refractivity contribution in [2.24, 2.45) is 7.05 Å². The molecule has 0 saturated carbocycles. The average molecular weight is 567 g/mol. The van der Waals surface area contributed by atoms with Gasteiger partial charge in [0, 0.05) is 47.8 Å². The third-order valence-electron chi connectivity index (χ3n) is 5.98. The van der Waals surface area contributed by atoms with Crippen LogP contribution in [0.4, 0.5) is 10.1 Å². The molecule has 5 aromatic rings. The standard InChI is InChI=1S/C27H23FN4O5S2/c1-6-39(34,35)31-18-7-8-22(37-24-14(2)9-17(28)10-15(24)3)19(11-18)21-13-32(5)27(33)25-20(21)12-23(38-25)26-30-29-16(4)36-26/h6-13,31H,1H2,2-5H3. The molecule has 0 aliphatic heterocycles. The largest absolute Gasteiger partial charge is 0.456 e. The van der Waals surface area contributed by atoms with Gasteiger partial charge in [0.25, 0.3) is 21.5 Å². The lowest BCUT2D eigenvalue weighted by atomic mass is 10.0. The molecule has 0 aliphatic carbocycles. The minimum atomic E-state index is -3.80. The van der Waals surface area contributed by atoms with Gasteiger partial charge in [0.15, 0.2) is 0 Å². The Hall–Kier alpha value is -4.29. The number of aryl methyl sites for hydroxylation is 4. The van der Waals surface area contributed by atoms with Crippen LogP contribution in [0, 0.1) is 26.6 Å². The normalized spacial score (nSPS) is 11.6. The van der Waals surface area contributed by atoms with Crippen LogP contribution in [-0.4, -0.2) is 23.2 Å². The number of hydrogen-bond donors (Lipinski definition) is 1. The second kappa shape index (κ2) is 9.79. The minimum Gasteiger partial charge on any atom is -0.456 e. The molecule has 0 amide bonds. The molecular weight excluding hydrogens is 543 g/mol. The Morgan fingerprint density at radius 1 is 1.10 bits per heavy atom. The molecule has 1 N–H and O–H groups in total. The number of aromatic nitrogens is 3. The van der Waals surface area contributed by atoms with Crippen molar-refractivity contribution in [2.45, 2.75) is 20.8 Å². The van der Waals surface area contributed by atoms with E-state index in [2.05, 4.69) is 21.5 Å². The van der Waals surface area contributed by atoms with Crippen LogP contribution in [0.15, 0.2) is 63.8 Å². The number of rotatable bonds is 7.